The van der Waals surface area contributed by atoms with Gasteiger partial charge in [-0.2, -0.15) is 4.31 Å². The van der Waals surface area contributed by atoms with Gasteiger partial charge >= 0.3 is 6.09 Å². The van der Waals surface area contributed by atoms with Gasteiger partial charge in [-0.1, -0.05) is 0 Å². The lowest BCUT2D eigenvalue weighted by molar-refractivity contribution is -0.120. The van der Waals surface area contributed by atoms with E-state index in [4.69, 9.17) is 0 Å². The smallest absolute Gasteiger partial charge is 0.411 e. The van der Waals surface area contributed by atoms with Gasteiger partial charge in [0.05, 0.1) is 17.9 Å². The van der Waals surface area contributed by atoms with Crippen molar-refractivity contribution in [2.75, 3.05) is 49.8 Å². The van der Waals surface area contributed by atoms with Crippen molar-refractivity contribution in [1.82, 2.24) is 4.31 Å². The number of carbonyl (C=O) groups excluding carboxylic acids is 2. The molecule has 0 radical (unpaired) electrons. The van der Waals surface area contributed by atoms with Crippen molar-refractivity contribution < 1.29 is 22.7 Å². The van der Waals surface area contributed by atoms with Crippen molar-refractivity contribution >= 4 is 39.1 Å². The molecule has 2 aromatic rings. The number of hydrogen-bond donors (Lipinski definition) is 2. The molecule has 32 heavy (non-hydrogen) atoms. The van der Waals surface area contributed by atoms with E-state index in [0.29, 0.717) is 30.8 Å². The molecule has 1 saturated heterocycles. The van der Waals surface area contributed by atoms with Gasteiger partial charge in [-0.25, -0.2) is 13.2 Å². The number of anilines is 3. The quantitative estimate of drug-likeness (QED) is 0.686. The first-order valence-corrected chi connectivity index (χ1v) is 11.7. The van der Waals surface area contributed by atoms with Gasteiger partial charge in [0.1, 0.15) is 0 Å². The van der Waals surface area contributed by atoms with Gasteiger partial charge in [-0.05, 0) is 61.4 Å². The molecule has 0 bridgehead atoms. The molecular formula is C22H28N4O5S. The van der Waals surface area contributed by atoms with E-state index in [1.165, 1.54) is 35.7 Å². The van der Waals surface area contributed by atoms with Gasteiger partial charge in [0.25, 0.3) is 0 Å². The Morgan fingerprint density at radius 2 is 1.59 bits per heavy atom. The van der Waals surface area contributed by atoms with Crippen LogP contribution in [0.4, 0.5) is 21.9 Å². The maximum absolute atomic E-state index is 13.1. The van der Waals surface area contributed by atoms with Gasteiger partial charge in [-0.15, -0.1) is 0 Å². The van der Waals surface area contributed by atoms with Crippen molar-refractivity contribution in [3.63, 3.8) is 0 Å². The monoisotopic (exact) mass is 460 g/mol. The minimum absolute atomic E-state index is 0.105. The number of rotatable bonds is 6. The fourth-order valence-corrected chi connectivity index (χ4v) is 5.01. The number of hydrogen-bond acceptors (Lipinski definition) is 6. The van der Waals surface area contributed by atoms with Crippen LogP contribution in [0.15, 0.2) is 53.4 Å². The first kappa shape index (κ1) is 23.6. The molecular weight excluding hydrogens is 432 g/mol. The van der Waals surface area contributed by atoms with Crippen LogP contribution in [0.3, 0.4) is 0 Å². The van der Waals surface area contributed by atoms with Crippen LogP contribution in [-0.2, 0) is 19.6 Å². The predicted molar refractivity (Wildman–Crippen MR) is 123 cm³/mol. The second-order valence-electron chi connectivity index (χ2n) is 7.77. The van der Waals surface area contributed by atoms with Crippen LogP contribution in [0.5, 0.6) is 0 Å². The molecule has 0 aliphatic carbocycles. The number of amides is 2. The molecule has 0 saturated carbocycles. The molecule has 1 aliphatic heterocycles. The first-order chi connectivity index (χ1) is 15.2. The van der Waals surface area contributed by atoms with Crippen LogP contribution >= 0.6 is 0 Å². The summed E-state index contributed by atoms with van der Waals surface area (Å²) in [7, 11) is 1.36. The maximum Gasteiger partial charge on any atom is 0.411 e. The lowest BCUT2D eigenvalue weighted by Crippen LogP contribution is -2.43. The van der Waals surface area contributed by atoms with Gasteiger partial charge in [0.15, 0.2) is 0 Å². The minimum atomic E-state index is -3.76. The summed E-state index contributed by atoms with van der Waals surface area (Å²) in [5, 5.41) is 5.37. The molecule has 0 aromatic heterocycles. The Hall–Kier alpha value is -3.11. The molecule has 0 spiro atoms. The summed E-state index contributed by atoms with van der Waals surface area (Å²) in [6.07, 6.45) is 0.580. The second-order valence-corrected chi connectivity index (χ2v) is 9.71. The summed E-state index contributed by atoms with van der Waals surface area (Å²) in [5.41, 5.74) is 2.12. The summed E-state index contributed by atoms with van der Waals surface area (Å²) < 4.78 is 32.0. The molecule has 10 heteroatoms. The van der Waals surface area contributed by atoms with Crippen LogP contribution < -0.4 is 15.5 Å². The van der Waals surface area contributed by atoms with Crippen LogP contribution in [0.25, 0.3) is 0 Å². The minimum Gasteiger partial charge on any atom is -0.453 e. The van der Waals surface area contributed by atoms with Crippen LogP contribution in [-0.4, -0.2) is 59.0 Å². The molecule has 2 amide bonds. The number of piperidine rings is 1. The van der Waals surface area contributed by atoms with E-state index in [9.17, 15) is 18.0 Å². The molecule has 3 rings (SSSR count). The van der Waals surface area contributed by atoms with Crippen molar-refractivity contribution in [2.45, 2.75) is 17.7 Å². The number of sulfonamides is 1. The average molecular weight is 461 g/mol. The Kier molecular flexibility index (Phi) is 7.37. The largest absolute Gasteiger partial charge is 0.453 e. The predicted octanol–water partition coefficient (Wildman–Crippen LogP) is 2.97. The van der Waals surface area contributed by atoms with E-state index in [1.54, 1.807) is 0 Å². The van der Waals surface area contributed by atoms with Gasteiger partial charge in [0.2, 0.25) is 15.9 Å². The highest BCUT2D eigenvalue weighted by atomic mass is 32.2. The lowest BCUT2D eigenvalue weighted by Gasteiger charge is -2.31. The fourth-order valence-electron chi connectivity index (χ4n) is 3.49. The van der Waals surface area contributed by atoms with Crippen molar-refractivity contribution in [3.05, 3.63) is 48.5 Å². The molecule has 1 fully saturated rings. The van der Waals surface area contributed by atoms with Crippen molar-refractivity contribution in [2.24, 2.45) is 5.92 Å². The summed E-state index contributed by atoms with van der Waals surface area (Å²) >= 11 is 0. The number of methoxy groups -OCH3 is 1. The van der Waals surface area contributed by atoms with E-state index in [2.05, 4.69) is 15.4 Å². The Labute approximate surface area is 188 Å². The van der Waals surface area contributed by atoms with Crippen LogP contribution in [0.2, 0.25) is 0 Å². The molecule has 1 heterocycles. The highest BCUT2D eigenvalue weighted by molar-refractivity contribution is 7.89. The average Bonchev–Trinajstić information content (AvgIpc) is 2.79. The van der Waals surface area contributed by atoms with Gasteiger partial charge in [0, 0.05) is 44.2 Å². The molecule has 2 N–H and O–H groups in total. The Balaban J connectivity index is 1.66. The molecule has 9 nitrogen and oxygen atoms in total. The van der Waals surface area contributed by atoms with Gasteiger partial charge < -0.3 is 15.0 Å². The van der Waals surface area contributed by atoms with E-state index < -0.39 is 22.0 Å². The van der Waals surface area contributed by atoms with Gasteiger partial charge in [-0.3, -0.25) is 10.1 Å². The number of carbonyl (C=O) groups is 2. The summed E-state index contributed by atoms with van der Waals surface area (Å²) in [4.78, 5) is 26.1. The lowest BCUT2D eigenvalue weighted by atomic mass is 9.98. The molecule has 1 aliphatic rings. The van der Waals surface area contributed by atoms with Crippen LogP contribution in [0, 0.1) is 5.92 Å². The second kappa shape index (κ2) is 10.0. The highest BCUT2D eigenvalue weighted by Gasteiger charge is 2.33. The Bertz CT molecular complexity index is 1050. The topological polar surface area (TPSA) is 108 Å². The van der Waals surface area contributed by atoms with E-state index in [-0.39, 0.29) is 17.3 Å². The number of ether oxygens (including phenoxy) is 1. The first-order valence-electron chi connectivity index (χ1n) is 10.2. The molecule has 0 unspecified atom stereocenters. The Morgan fingerprint density at radius 1 is 1.00 bits per heavy atom. The zero-order chi connectivity index (χ0) is 23.3. The summed E-state index contributed by atoms with van der Waals surface area (Å²) in [6, 6.07) is 13.3. The van der Waals surface area contributed by atoms with Crippen molar-refractivity contribution in [1.29, 1.82) is 0 Å². The molecule has 172 valence electrons. The summed E-state index contributed by atoms with van der Waals surface area (Å²) in [5.74, 6) is -0.632. The van der Waals surface area contributed by atoms with E-state index in [1.807, 2.05) is 43.3 Å². The van der Waals surface area contributed by atoms with E-state index in [0.717, 1.165) is 5.69 Å². The van der Waals surface area contributed by atoms with Crippen molar-refractivity contribution in [3.8, 4) is 0 Å². The summed E-state index contributed by atoms with van der Waals surface area (Å²) in [6.45, 7) is 0.470. The molecule has 2 aromatic carbocycles. The Morgan fingerprint density at radius 3 is 2.19 bits per heavy atom. The van der Waals surface area contributed by atoms with Crippen LogP contribution in [0.1, 0.15) is 12.8 Å². The zero-order valence-corrected chi connectivity index (χ0v) is 19.2. The fraction of sp³-hybridized carbons (Fsp3) is 0.364. The highest BCUT2D eigenvalue weighted by Crippen LogP contribution is 2.26. The third-order valence-corrected chi connectivity index (χ3v) is 7.21. The SMILES string of the molecule is COC(=O)Nc1ccc(S(=O)(=O)N2CCC[C@@H](C(=O)Nc3ccc(N(C)C)cc3)C2)cc1. The zero-order valence-electron chi connectivity index (χ0n) is 18.4. The third kappa shape index (κ3) is 5.57. The third-order valence-electron chi connectivity index (χ3n) is 5.33. The number of benzene rings is 2. The molecule has 1 atom stereocenters. The number of nitrogens with one attached hydrogen (secondary N) is 2. The standard InChI is InChI=1S/C22H28N4O5S/c1-25(2)19-10-6-17(7-11-19)23-21(27)16-5-4-14-26(15-16)32(29,30)20-12-8-18(9-13-20)24-22(28)31-3/h6-13,16H,4-5,14-15H2,1-3H3,(H,23,27)(H,24,28)/t16-/m1/s1. The van der Waals surface area contributed by atoms with E-state index >= 15 is 0 Å². The number of nitrogens with zero attached hydrogens (tertiary/aromatic N) is 2. The maximum atomic E-state index is 13.1. The normalized spacial score (nSPS) is 16.8.